The molecule has 0 bridgehead atoms. The smallest absolute Gasteiger partial charge is 0.317 e. The van der Waals surface area contributed by atoms with Crippen molar-refractivity contribution in [1.29, 1.82) is 0 Å². The molecule has 2 N–H and O–H groups in total. The zero-order valence-electron chi connectivity index (χ0n) is 16.5. The molecule has 1 unspecified atom stereocenters. The number of aromatic nitrogens is 2. The van der Waals surface area contributed by atoms with E-state index in [4.69, 9.17) is 4.74 Å². The molecule has 2 saturated heterocycles. The van der Waals surface area contributed by atoms with Gasteiger partial charge in [0.25, 0.3) is 5.91 Å². The van der Waals surface area contributed by atoms with Crippen molar-refractivity contribution in [2.75, 3.05) is 31.6 Å². The third-order valence-corrected chi connectivity index (χ3v) is 6.48. The highest BCUT2D eigenvalue weighted by Gasteiger charge is 2.28. The van der Waals surface area contributed by atoms with Crippen LogP contribution in [0.3, 0.4) is 0 Å². The van der Waals surface area contributed by atoms with Crippen LogP contribution in [0.2, 0.25) is 0 Å². The van der Waals surface area contributed by atoms with Gasteiger partial charge in [-0.1, -0.05) is 23.5 Å². The Kier molecular flexibility index (Phi) is 6.53. The molecule has 10 heteroatoms. The van der Waals surface area contributed by atoms with Gasteiger partial charge in [-0.25, -0.2) is 9.18 Å². The molecule has 0 radical (unpaired) electrons. The van der Waals surface area contributed by atoms with Gasteiger partial charge in [-0.2, -0.15) is 0 Å². The molecule has 1 atom stereocenters. The summed E-state index contributed by atoms with van der Waals surface area (Å²) in [4.78, 5) is 26.5. The first kappa shape index (κ1) is 20.7. The van der Waals surface area contributed by atoms with Crippen molar-refractivity contribution in [1.82, 2.24) is 20.4 Å². The Morgan fingerprint density at radius 2 is 2.00 bits per heavy atom. The van der Waals surface area contributed by atoms with E-state index in [0.717, 1.165) is 37.3 Å². The summed E-state index contributed by atoms with van der Waals surface area (Å²) < 4.78 is 19.2. The molecule has 2 aliphatic rings. The normalized spacial score (nSPS) is 19.6. The quantitative estimate of drug-likeness (QED) is 0.756. The minimum Gasteiger partial charge on any atom is -0.376 e. The van der Waals surface area contributed by atoms with E-state index >= 15 is 0 Å². The number of likely N-dealkylation sites (tertiary alicyclic amines) is 1. The number of para-hydroxylation sites is 1. The number of benzene rings is 1. The van der Waals surface area contributed by atoms with E-state index in [9.17, 15) is 14.0 Å². The molecule has 3 amide bonds. The fourth-order valence-corrected chi connectivity index (χ4v) is 4.58. The van der Waals surface area contributed by atoms with Crippen LogP contribution in [0.1, 0.15) is 46.4 Å². The summed E-state index contributed by atoms with van der Waals surface area (Å²) in [6, 6.07) is 5.92. The Balaban J connectivity index is 1.27. The van der Waals surface area contributed by atoms with Crippen LogP contribution in [0.4, 0.5) is 14.9 Å². The summed E-state index contributed by atoms with van der Waals surface area (Å²) >= 11 is 1.22. The SMILES string of the molecule is O=C(Nc1ccccc1F)c1nnc(C2CCN(C(=O)NCC3CCCO3)CC2)s1. The lowest BCUT2D eigenvalue weighted by molar-refractivity contribution is 0.102. The van der Waals surface area contributed by atoms with Crippen molar-refractivity contribution in [3.8, 4) is 0 Å². The largest absolute Gasteiger partial charge is 0.376 e. The van der Waals surface area contributed by atoms with Crippen LogP contribution < -0.4 is 10.6 Å². The molecule has 0 spiro atoms. The molecule has 0 aliphatic carbocycles. The number of carbonyl (C=O) groups excluding carboxylic acids is 2. The number of urea groups is 1. The molecule has 2 fully saturated rings. The van der Waals surface area contributed by atoms with E-state index in [2.05, 4.69) is 20.8 Å². The second-order valence-electron chi connectivity index (χ2n) is 7.46. The molecule has 30 heavy (non-hydrogen) atoms. The minimum absolute atomic E-state index is 0.0637. The van der Waals surface area contributed by atoms with Crippen LogP contribution in [0, 0.1) is 5.82 Å². The monoisotopic (exact) mass is 433 g/mol. The number of ether oxygens (including phenoxy) is 1. The van der Waals surface area contributed by atoms with Gasteiger partial charge >= 0.3 is 6.03 Å². The average molecular weight is 434 g/mol. The first-order valence-electron chi connectivity index (χ1n) is 10.1. The molecule has 2 aromatic rings. The Bertz CT molecular complexity index is 894. The molecular weight excluding hydrogens is 409 g/mol. The van der Waals surface area contributed by atoms with E-state index in [1.54, 1.807) is 17.0 Å². The number of piperidine rings is 1. The van der Waals surface area contributed by atoms with Gasteiger partial charge in [0.2, 0.25) is 5.01 Å². The topological polar surface area (TPSA) is 96.5 Å². The minimum atomic E-state index is -0.499. The van der Waals surface area contributed by atoms with Crippen molar-refractivity contribution in [3.05, 3.63) is 40.1 Å². The predicted molar refractivity (Wildman–Crippen MR) is 110 cm³/mol. The van der Waals surface area contributed by atoms with Crippen LogP contribution in [0.15, 0.2) is 24.3 Å². The number of nitrogens with one attached hydrogen (secondary N) is 2. The maximum absolute atomic E-state index is 13.7. The van der Waals surface area contributed by atoms with Crippen LogP contribution >= 0.6 is 11.3 Å². The molecular formula is C20H24FN5O3S. The summed E-state index contributed by atoms with van der Waals surface area (Å²) in [7, 11) is 0. The van der Waals surface area contributed by atoms with E-state index in [-0.39, 0.29) is 28.7 Å². The van der Waals surface area contributed by atoms with E-state index in [0.29, 0.717) is 19.6 Å². The van der Waals surface area contributed by atoms with Gasteiger partial charge in [0.15, 0.2) is 0 Å². The molecule has 3 heterocycles. The van der Waals surface area contributed by atoms with E-state index in [1.807, 2.05) is 0 Å². The molecule has 1 aromatic carbocycles. The molecule has 0 saturated carbocycles. The highest BCUT2D eigenvalue weighted by Crippen LogP contribution is 2.30. The fraction of sp³-hybridized carbons (Fsp3) is 0.500. The van der Waals surface area contributed by atoms with Crippen LogP contribution in [0.5, 0.6) is 0 Å². The van der Waals surface area contributed by atoms with Gasteiger partial charge in [-0.3, -0.25) is 4.79 Å². The number of hydrogen-bond acceptors (Lipinski definition) is 6. The number of amides is 3. The number of anilines is 1. The average Bonchev–Trinajstić information content (AvgIpc) is 3.46. The second kappa shape index (κ2) is 9.48. The van der Waals surface area contributed by atoms with Gasteiger partial charge in [-0.15, -0.1) is 10.2 Å². The molecule has 1 aromatic heterocycles. The third-order valence-electron chi connectivity index (χ3n) is 5.39. The zero-order valence-corrected chi connectivity index (χ0v) is 17.3. The third kappa shape index (κ3) is 4.93. The molecule has 4 rings (SSSR count). The number of hydrogen-bond donors (Lipinski definition) is 2. The number of halogens is 1. The fourth-order valence-electron chi connectivity index (χ4n) is 3.68. The van der Waals surface area contributed by atoms with Gasteiger partial charge in [0, 0.05) is 32.2 Å². The van der Waals surface area contributed by atoms with Crippen molar-refractivity contribution in [2.45, 2.75) is 37.7 Å². The van der Waals surface area contributed by atoms with Crippen LogP contribution in [-0.2, 0) is 4.74 Å². The van der Waals surface area contributed by atoms with Crippen molar-refractivity contribution < 1.29 is 18.7 Å². The summed E-state index contributed by atoms with van der Waals surface area (Å²) in [5.41, 5.74) is 0.113. The summed E-state index contributed by atoms with van der Waals surface area (Å²) in [5, 5.41) is 14.6. The Morgan fingerprint density at radius 1 is 1.20 bits per heavy atom. The number of carbonyl (C=O) groups is 2. The van der Waals surface area contributed by atoms with Gasteiger partial charge < -0.3 is 20.3 Å². The Hall–Kier alpha value is -2.59. The predicted octanol–water partition coefficient (Wildman–Crippen LogP) is 3.00. The summed E-state index contributed by atoms with van der Waals surface area (Å²) in [6.45, 7) is 2.57. The summed E-state index contributed by atoms with van der Waals surface area (Å²) in [5.74, 6) is -0.824. The maximum atomic E-state index is 13.7. The second-order valence-corrected chi connectivity index (χ2v) is 8.47. The van der Waals surface area contributed by atoms with Gasteiger partial charge in [0.1, 0.15) is 10.8 Å². The molecule has 8 nitrogen and oxygen atoms in total. The Morgan fingerprint density at radius 3 is 2.73 bits per heavy atom. The lowest BCUT2D eigenvalue weighted by Crippen LogP contribution is -2.46. The van der Waals surface area contributed by atoms with Crippen LogP contribution in [-0.4, -0.2) is 59.4 Å². The Labute approximate surface area is 177 Å². The van der Waals surface area contributed by atoms with Crippen LogP contribution in [0.25, 0.3) is 0 Å². The lowest BCUT2D eigenvalue weighted by atomic mass is 9.98. The van der Waals surface area contributed by atoms with E-state index in [1.165, 1.54) is 23.5 Å². The molecule has 160 valence electrons. The van der Waals surface area contributed by atoms with E-state index < -0.39 is 11.7 Å². The highest BCUT2D eigenvalue weighted by molar-refractivity contribution is 7.13. The van der Waals surface area contributed by atoms with Gasteiger partial charge in [-0.05, 0) is 37.8 Å². The molecule has 2 aliphatic heterocycles. The first-order chi connectivity index (χ1) is 14.6. The number of nitrogens with zero attached hydrogens (tertiary/aromatic N) is 3. The maximum Gasteiger partial charge on any atom is 0.317 e. The zero-order chi connectivity index (χ0) is 20.9. The van der Waals surface area contributed by atoms with Crippen molar-refractivity contribution >= 4 is 29.0 Å². The first-order valence-corrected chi connectivity index (χ1v) is 11.0. The lowest BCUT2D eigenvalue weighted by Gasteiger charge is -2.31. The standard InChI is InChI=1S/C20H24FN5O3S/c21-15-5-1-2-6-16(15)23-17(27)19-25-24-18(30-19)13-7-9-26(10-8-13)20(28)22-12-14-4-3-11-29-14/h1-2,5-6,13-14H,3-4,7-12H2,(H,22,28)(H,23,27). The van der Waals surface area contributed by atoms with Crippen molar-refractivity contribution in [3.63, 3.8) is 0 Å². The van der Waals surface area contributed by atoms with Crippen molar-refractivity contribution in [2.24, 2.45) is 0 Å². The number of rotatable bonds is 5. The highest BCUT2D eigenvalue weighted by atomic mass is 32.1. The van der Waals surface area contributed by atoms with Gasteiger partial charge in [0.05, 0.1) is 11.8 Å². The summed E-state index contributed by atoms with van der Waals surface area (Å²) in [6.07, 6.45) is 3.69.